The van der Waals surface area contributed by atoms with E-state index in [4.69, 9.17) is 56.8 Å². The molecule has 5 saturated carbocycles. The van der Waals surface area contributed by atoms with E-state index < -0.39 is 235 Å². The second-order valence-corrected chi connectivity index (χ2v) is 32.4. The number of rotatable bonds is 17. The molecule has 1 aromatic rings. The van der Waals surface area contributed by atoms with Crippen LogP contribution >= 0.6 is 0 Å². The fraction of sp³-hybridized carbons (Fsp3) is 0.795. The predicted octanol–water partition coefficient (Wildman–Crippen LogP) is 0.477. The Morgan fingerprint density at radius 1 is 0.627 bits per heavy atom. The lowest BCUT2D eigenvalue weighted by Crippen LogP contribution is -2.70. The highest BCUT2D eigenvalue weighted by Crippen LogP contribution is 2.76. The fourth-order valence-electron chi connectivity index (χ4n) is 19.6. The standard InChI is InChI=1S/C73H106O29/c1-32-12-14-36(15-13-32)16-19-46(79)98-56-34(3)93-65(61(59(56)94-35(4)76)95-40-26-33(2)47(80)51(84)49(40)82)102-67(90)73-25-24-68(5,6)27-38(73)37-17-18-43-69(7)22-21-45(70(8,31-75)42(69)20-23-71(43,9)72(37,10)28-44(73)78)97-66-60(101-64-54(87)52(85)50(83)41(29-74)96-64)57(55(88)58(100-66)62(89)91-11)99-63-53(86)48(81)39(77)30-92-63/h12-19,31,33-34,37-45,47-61,63-66,74,77-78,80-88H,20-30H2,1-11H3/b19-16-/t33-,34-,37?,38+,39-,40-,41-,42-,43-,44-,45+,47+,48+,49+,50+,51-,52+,53-,54-,55+,56+,57+,58+,59-,60?,61-,63?,64+,65+,66?,69+,70+,71-,72-,73-/m1/s1. The van der Waals surface area contributed by atoms with Crippen LogP contribution in [0.5, 0.6) is 0 Å². The third kappa shape index (κ3) is 13.9. The van der Waals surface area contributed by atoms with Crippen LogP contribution in [0.2, 0.25) is 0 Å². The third-order valence-corrected chi connectivity index (χ3v) is 25.7. The van der Waals surface area contributed by atoms with Crippen LogP contribution in [0.1, 0.15) is 131 Å². The summed E-state index contributed by atoms with van der Waals surface area (Å²) in [7, 11) is 1.02. The summed E-state index contributed by atoms with van der Waals surface area (Å²) in [6, 6.07) is 7.37. The molecule has 4 aliphatic heterocycles. The van der Waals surface area contributed by atoms with Gasteiger partial charge >= 0.3 is 23.9 Å². The molecule has 29 heteroatoms. The maximum absolute atomic E-state index is 16.0. The van der Waals surface area contributed by atoms with E-state index in [0.717, 1.165) is 25.9 Å². The number of benzene rings is 1. The Labute approximate surface area is 592 Å². The number of carbonyl (C=O) groups is 5. The highest BCUT2D eigenvalue weighted by Gasteiger charge is 2.74. The Morgan fingerprint density at radius 3 is 1.96 bits per heavy atom. The van der Waals surface area contributed by atoms with Gasteiger partial charge in [0.25, 0.3) is 0 Å². The number of aliphatic hydroxyl groups is 12. The first-order valence-electron chi connectivity index (χ1n) is 35.8. The highest BCUT2D eigenvalue weighted by molar-refractivity contribution is 5.87. The summed E-state index contributed by atoms with van der Waals surface area (Å²) in [4.78, 5) is 70.9. The molecule has 35 atom stereocenters. The van der Waals surface area contributed by atoms with Gasteiger partial charge in [0.2, 0.25) is 6.29 Å². The molecule has 4 saturated heterocycles. The van der Waals surface area contributed by atoms with Crippen LogP contribution in [-0.2, 0) is 80.8 Å². The molecular formula is C73H106O29. The van der Waals surface area contributed by atoms with Gasteiger partial charge < -0.3 is 123 Å². The first-order valence-corrected chi connectivity index (χ1v) is 35.8. The lowest BCUT2D eigenvalue weighted by molar-refractivity contribution is -0.391. The van der Waals surface area contributed by atoms with Crippen LogP contribution in [0, 0.1) is 69.0 Å². The van der Waals surface area contributed by atoms with Crippen molar-refractivity contribution >= 4 is 36.2 Å². The Balaban J connectivity index is 0.896. The molecule has 0 radical (unpaired) electrons. The third-order valence-electron chi connectivity index (χ3n) is 25.7. The molecule has 1 aromatic carbocycles. The van der Waals surface area contributed by atoms with Crippen molar-refractivity contribution in [3.63, 3.8) is 0 Å². The molecule has 12 N–H and O–H groups in total. The average Bonchev–Trinajstić information content (AvgIpc) is 0.670. The Morgan fingerprint density at radius 2 is 1.29 bits per heavy atom. The molecule has 4 unspecified atom stereocenters. The van der Waals surface area contributed by atoms with Crippen molar-refractivity contribution in [1.82, 2.24) is 0 Å². The summed E-state index contributed by atoms with van der Waals surface area (Å²) < 4.78 is 73.7. The van der Waals surface area contributed by atoms with E-state index in [9.17, 15) is 80.5 Å². The van der Waals surface area contributed by atoms with Gasteiger partial charge in [0.15, 0.2) is 43.3 Å². The Hall–Kier alpha value is -4.55. The first-order chi connectivity index (χ1) is 47.9. The van der Waals surface area contributed by atoms with Crippen LogP contribution in [-0.4, -0.2) is 265 Å². The lowest BCUT2D eigenvalue weighted by Gasteiger charge is -2.72. The molecule has 572 valence electrons. The SMILES string of the molecule is COC(=O)[C@H]1OC(O[C@H]2CC[C@]3(C)[C@H]4C=CC5[C@@H]6CC(C)(C)CC[C@]6(C(=O)O[C@@H]6O[C@H](C)[C@H](OC(=O)/C=C\c7ccc(C)cc7)[C@@H](OC(C)=O)[C@H]6O[C@@H]6C[C@@H](C)[C@H](O)[C@@H](O)[C@H]6O)[C@H](O)C[C@@]5(C)[C@]4(C)CC[C@H]3[C@]2(C)C=O)C(O[C@@H]2O[C@H](CO)[C@H](O)[C@H](O)[C@H]2O)[C@@H](OC2OC[C@@H](O)[C@H](O)[C@H]2O)[C@@H]1O. The molecule has 10 aliphatic rings. The van der Waals surface area contributed by atoms with Gasteiger partial charge in [0.1, 0.15) is 79.5 Å². The van der Waals surface area contributed by atoms with Crippen molar-refractivity contribution in [3.05, 3.63) is 53.6 Å². The number of ether oxygens (including phenoxy) is 12. The highest BCUT2D eigenvalue weighted by atomic mass is 16.8. The van der Waals surface area contributed by atoms with E-state index in [0.29, 0.717) is 37.7 Å². The van der Waals surface area contributed by atoms with Crippen molar-refractivity contribution in [2.24, 2.45) is 62.1 Å². The van der Waals surface area contributed by atoms with Gasteiger partial charge in [0, 0.05) is 13.0 Å². The van der Waals surface area contributed by atoms with Crippen LogP contribution in [0.4, 0.5) is 0 Å². The van der Waals surface area contributed by atoms with Gasteiger partial charge in [-0.05, 0) is 135 Å². The van der Waals surface area contributed by atoms with Crippen molar-refractivity contribution < 1.29 is 142 Å². The second kappa shape index (κ2) is 29.9. The summed E-state index contributed by atoms with van der Waals surface area (Å²) in [6.45, 7) is 17.3. The lowest BCUT2D eigenvalue weighted by atomic mass is 9.32. The predicted molar refractivity (Wildman–Crippen MR) is 350 cm³/mol. The van der Waals surface area contributed by atoms with Gasteiger partial charge in [0.05, 0.1) is 61.7 Å². The van der Waals surface area contributed by atoms with Crippen molar-refractivity contribution in [2.75, 3.05) is 20.3 Å². The van der Waals surface area contributed by atoms with Crippen LogP contribution in [0.15, 0.2) is 42.5 Å². The zero-order valence-corrected chi connectivity index (χ0v) is 59.6. The molecule has 0 spiro atoms. The largest absolute Gasteiger partial charge is 0.467 e. The molecule has 0 bridgehead atoms. The number of hydrogen-bond donors (Lipinski definition) is 12. The average molecular weight is 1450 g/mol. The maximum Gasteiger partial charge on any atom is 0.337 e. The molecule has 0 aromatic heterocycles. The zero-order valence-electron chi connectivity index (χ0n) is 59.6. The molecular weight excluding hydrogens is 1340 g/mol. The van der Waals surface area contributed by atoms with E-state index in [1.807, 2.05) is 31.2 Å². The monoisotopic (exact) mass is 1450 g/mol. The topological polar surface area (TPSA) is 439 Å². The van der Waals surface area contributed by atoms with Crippen LogP contribution in [0.25, 0.3) is 6.08 Å². The van der Waals surface area contributed by atoms with Gasteiger partial charge in [-0.2, -0.15) is 0 Å². The Bertz CT molecular complexity index is 3220. The smallest absolute Gasteiger partial charge is 0.337 e. The molecule has 29 nitrogen and oxygen atoms in total. The van der Waals surface area contributed by atoms with Gasteiger partial charge in [-0.15, -0.1) is 0 Å². The van der Waals surface area contributed by atoms with Crippen LogP contribution in [0.3, 0.4) is 0 Å². The number of hydrogen-bond acceptors (Lipinski definition) is 29. The van der Waals surface area contributed by atoms with E-state index >= 15 is 4.79 Å². The number of aliphatic hydroxyl groups excluding tert-OH is 12. The minimum Gasteiger partial charge on any atom is -0.467 e. The van der Waals surface area contributed by atoms with Crippen molar-refractivity contribution in [2.45, 2.75) is 280 Å². The number of methoxy groups -OCH3 is 1. The first kappa shape index (κ1) is 78.5. The Kier molecular flexibility index (Phi) is 23.0. The minimum atomic E-state index is -2.08. The normalized spacial score (nSPS) is 49.2. The number of esters is 4. The maximum atomic E-state index is 16.0. The van der Waals surface area contributed by atoms with Crippen molar-refractivity contribution in [3.8, 4) is 0 Å². The van der Waals surface area contributed by atoms with Crippen molar-refractivity contribution in [1.29, 1.82) is 0 Å². The number of aldehydes is 1. The summed E-state index contributed by atoms with van der Waals surface area (Å²) in [5, 5.41) is 134. The molecule has 9 fully saturated rings. The van der Waals surface area contributed by atoms with E-state index in [2.05, 4.69) is 46.8 Å². The molecule has 11 rings (SSSR count). The number of fused-ring (bicyclic) bond motifs is 7. The molecule has 102 heavy (non-hydrogen) atoms. The van der Waals surface area contributed by atoms with E-state index in [1.54, 1.807) is 26.8 Å². The minimum absolute atomic E-state index is 0.0218. The van der Waals surface area contributed by atoms with Crippen LogP contribution < -0.4 is 0 Å². The fourth-order valence-corrected chi connectivity index (χ4v) is 19.6. The van der Waals surface area contributed by atoms with Gasteiger partial charge in [-0.25, -0.2) is 9.59 Å². The zero-order chi connectivity index (χ0) is 74.4. The number of carbonyl (C=O) groups excluding carboxylic acids is 5. The van der Waals surface area contributed by atoms with Gasteiger partial charge in [-0.1, -0.05) is 90.4 Å². The summed E-state index contributed by atoms with van der Waals surface area (Å²) in [6.07, 6.45) is -31.5. The molecule has 4 heterocycles. The van der Waals surface area contributed by atoms with E-state index in [1.165, 1.54) is 6.08 Å². The number of allylic oxidation sites excluding steroid dienone is 2. The summed E-state index contributed by atoms with van der Waals surface area (Å²) in [5.41, 5.74) is -3.79. The summed E-state index contributed by atoms with van der Waals surface area (Å²) in [5.74, 6) is -5.98. The second-order valence-electron chi connectivity index (χ2n) is 32.4. The molecule has 0 amide bonds. The van der Waals surface area contributed by atoms with E-state index in [-0.39, 0.29) is 42.9 Å². The summed E-state index contributed by atoms with van der Waals surface area (Å²) >= 11 is 0. The molecule has 6 aliphatic carbocycles. The van der Waals surface area contributed by atoms with Gasteiger partial charge in [-0.3, -0.25) is 9.59 Å². The quantitative estimate of drug-likeness (QED) is 0.0252. The number of aryl methyl sites for hydroxylation is 1.